The zero-order valence-electron chi connectivity index (χ0n) is 13.2. The third kappa shape index (κ3) is 3.32. The minimum Gasteiger partial charge on any atom is -0.297 e. The van der Waals surface area contributed by atoms with E-state index in [2.05, 4.69) is 25.3 Å². The second kappa shape index (κ2) is 6.70. The molecule has 3 heterocycles. The number of hydrogen-bond donors (Lipinski definition) is 0. The van der Waals surface area contributed by atoms with Gasteiger partial charge in [-0.2, -0.15) is 5.10 Å². The summed E-state index contributed by atoms with van der Waals surface area (Å²) in [7, 11) is 0. The van der Waals surface area contributed by atoms with Gasteiger partial charge in [-0.3, -0.25) is 4.90 Å². The second-order valence-corrected chi connectivity index (χ2v) is 6.44. The number of aromatic nitrogens is 6. The van der Waals surface area contributed by atoms with Gasteiger partial charge in [-0.1, -0.05) is 22.9 Å². The van der Waals surface area contributed by atoms with Crippen LogP contribution in [0.15, 0.2) is 37.1 Å². The van der Waals surface area contributed by atoms with Crippen molar-refractivity contribution in [3.8, 4) is 5.69 Å². The van der Waals surface area contributed by atoms with Crippen molar-refractivity contribution >= 4 is 11.6 Å². The van der Waals surface area contributed by atoms with Gasteiger partial charge in [0.15, 0.2) is 0 Å². The van der Waals surface area contributed by atoms with E-state index in [0.29, 0.717) is 11.6 Å². The molecular weight excluding hydrogens is 326 g/mol. The number of likely N-dealkylation sites (tertiary alicyclic amines) is 1. The van der Waals surface area contributed by atoms with Gasteiger partial charge >= 0.3 is 0 Å². The first kappa shape index (κ1) is 15.3. The molecule has 0 spiro atoms. The summed E-state index contributed by atoms with van der Waals surface area (Å²) in [6.07, 6.45) is 7.74. The van der Waals surface area contributed by atoms with E-state index >= 15 is 0 Å². The molecule has 4 rings (SSSR count). The minimum atomic E-state index is 0.610. The van der Waals surface area contributed by atoms with Crippen LogP contribution < -0.4 is 0 Å². The summed E-state index contributed by atoms with van der Waals surface area (Å²) >= 11 is 6.13. The molecule has 1 saturated heterocycles. The Bertz CT molecular complexity index is 806. The zero-order chi connectivity index (χ0) is 16.4. The van der Waals surface area contributed by atoms with Crippen LogP contribution >= 0.6 is 11.6 Å². The lowest BCUT2D eigenvalue weighted by molar-refractivity contribution is 0.327. The molecule has 24 heavy (non-hydrogen) atoms. The van der Waals surface area contributed by atoms with Crippen molar-refractivity contribution in [3.63, 3.8) is 0 Å². The number of halogens is 1. The number of rotatable bonds is 5. The van der Waals surface area contributed by atoms with Gasteiger partial charge in [-0.25, -0.2) is 14.3 Å². The molecule has 1 aromatic carbocycles. The summed E-state index contributed by atoms with van der Waals surface area (Å²) in [4.78, 5) is 6.42. The normalized spacial score (nSPS) is 15.2. The summed E-state index contributed by atoms with van der Waals surface area (Å²) in [5, 5.41) is 13.4. The molecule has 3 aromatic rings. The Morgan fingerprint density at radius 1 is 1.12 bits per heavy atom. The predicted molar refractivity (Wildman–Crippen MR) is 90.0 cm³/mol. The van der Waals surface area contributed by atoms with Gasteiger partial charge in [0.05, 0.1) is 24.1 Å². The average molecular weight is 344 g/mol. The van der Waals surface area contributed by atoms with Crippen molar-refractivity contribution in [1.82, 2.24) is 34.7 Å². The average Bonchev–Trinajstić information content (AvgIpc) is 3.32. The van der Waals surface area contributed by atoms with Crippen LogP contribution in [-0.4, -0.2) is 47.7 Å². The van der Waals surface area contributed by atoms with E-state index in [-0.39, 0.29) is 0 Å². The van der Waals surface area contributed by atoms with E-state index in [1.165, 1.54) is 19.2 Å². The van der Waals surface area contributed by atoms with Crippen LogP contribution in [0.4, 0.5) is 0 Å². The van der Waals surface area contributed by atoms with Gasteiger partial charge in [-0.15, -0.1) is 5.10 Å². The van der Waals surface area contributed by atoms with E-state index in [0.717, 1.165) is 36.6 Å². The molecule has 0 bridgehead atoms. The highest BCUT2D eigenvalue weighted by molar-refractivity contribution is 6.30. The lowest BCUT2D eigenvalue weighted by Gasteiger charge is -2.11. The van der Waals surface area contributed by atoms with Crippen LogP contribution in [0.25, 0.3) is 5.69 Å². The first-order valence-corrected chi connectivity index (χ1v) is 8.40. The quantitative estimate of drug-likeness (QED) is 0.710. The Labute approximate surface area is 144 Å². The maximum atomic E-state index is 6.13. The van der Waals surface area contributed by atoms with E-state index in [1.54, 1.807) is 11.0 Å². The van der Waals surface area contributed by atoms with E-state index < -0.39 is 0 Å². The Morgan fingerprint density at radius 2 is 2.00 bits per heavy atom. The van der Waals surface area contributed by atoms with Gasteiger partial charge in [0.25, 0.3) is 0 Å². The van der Waals surface area contributed by atoms with Crippen molar-refractivity contribution < 1.29 is 0 Å². The van der Waals surface area contributed by atoms with Crippen molar-refractivity contribution in [2.75, 3.05) is 13.1 Å². The summed E-state index contributed by atoms with van der Waals surface area (Å²) in [6.45, 7) is 3.79. The number of hydrogen-bond acceptors (Lipinski definition) is 5. The first-order chi connectivity index (χ1) is 11.8. The predicted octanol–water partition coefficient (Wildman–Crippen LogP) is 2.16. The third-order valence-electron chi connectivity index (χ3n) is 4.22. The minimum absolute atomic E-state index is 0.610. The summed E-state index contributed by atoms with van der Waals surface area (Å²) in [5.74, 6) is 0. The fourth-order valence-corrected chi connectivity index (χ4v) is 3.22. The topological polar surface area (TPSA) is 64.7 Å². The highest BCUT2D eigenvalue weighted by Gasteiger charge is 2.14. The standard InChI is InChI=1S/C16H18ClN7/c17-14-4-3-13(16(7-14)24-12-18-11-19-24)8-23-10-15(20-21-23)9-22-5-1-2-6-22/h3-4,7,10-12H,1-2,5-6,8-9H2. The Hall–Kier alpha value is -2.25. The Kier molecular flexibility index (Phi) is 4.27. The monoisotopic (exact) mass is 343 g/mol. The molecule has 1 aliphatic heterocycles. The maximum Gasteiger partial charge on any atom is 0.138 e. The summed E-state index contributed by atoms with van der Waals surface area (Å²) in [6, 6.07) is 5.74. The smallest absolute Gasteiger partial charge is 0.138 e. The third-order valence-corrected chi connectivity index (χ3v) is 4.45. The van der Waals surface area contributed by atoms with Gasteiger partial charge in [0.1, 0.15) is 12.7 Å². The molecule has 0 N–H and O–H groups in total. The van der Waals surface area contributed by atoms with Gasteiger partial charge < -0.3 is 0 Å². The fraction of sp³-hybridized carbons (Fsp3) is 0.375. The van der Waals surface area contributed by atoms with E-state index in [1.807, 2.05) is 29.1 Å². The van der Waals surface area contributed by atoms with E-state index in [4.69, 9.17) is 11.6 Å². The molecule has 2 aromatic heterocycles. The molecule has 0 amide bonds. The molecule has 1 fully saturated rings. The molecule has 124 valence electrons. The van der Waals surface area contributed by atoms with Crippen LogP contribution in [0, 0.1) is 0 Å². The fourth-order valence-electron chi connectivity index (χ4n) is 3.05. The van der Waals surface area contributed by atoms with Crippen molar-refractivity contribution in [3.05, 3.63) is 53.3 Å². The van der Waals surface area contributed by atoms with Crippen LogP contribution in [0.5, 0.6) is 0 Å². The SMILES string of the molecule is Clc1ccc(Cn2cc(CN3CCCC3)nn2)c(-n2cncn2)c1. The molecule has 8 heteroatoms. The lowest BCUT2D eigenvalue weighted by atomic mass is 10.2. The largest absolute Gasteiger partial charge is 0.297 e. The summed E-state index contributed by atoms with van der Waals surface area (Å²) < 4.78 is 3.57. The van der Waals surface area contributed by atoms with Crippen LogP contribution in [0.3, 0.4) is 0 Å². The van der Waals surface area contributed by atoms with Crippen LogP contribution in [0.1, 0.15) is 24.1 Å². The van der Waals surface area contributed by atoms with Crippen LogP contribution in [0.2, 0.25) is 5.02 Å². The van der Waals surface area contributed by atoms with Crippen molar-refractivity contribution in [2.24, 2.45) is 0 Å². The maximum absolute atomic E-state index is 6.13. The summed E-state index contributed by atoms with van der Waals surface area (Å²) in [5.41, 5.74) is 2.97. The van der Waals surface area contributed by atoms with Crippen LogP contribution in [-0.2, 0) is 13.1 Å². The van der Waals surface area contributed by atoms with Gasteiger partial charge in [0, 0.05) is 11.6 Å². The Morgan fingerprint density at radius 3 is 2.79 bits per heavy atom. The van der Waals surface area contributed by atoms with Crippen molar-refractivity contribution in [2.45, 2.75) is 25.9 Å². The molecule has 0 radical (unpaired) electrons. The molecule has 1 aliphatic rings. The Balaban J connectivity index is 1.54. The molecular formula is C16H18ClN7. The second-order valence-electron chi connectivity index (χ2n) is 6.00. The molecule has 0 unspecified atom stereocenters. The molecule has 0 aliphatic carbocycles. The number of benzene rings is 1. The lowest BCUT2D eigenvalue weighted by Crippen LogP contribution is -2.18. The molecule has 0 atom stereocenters. The highest BCUT2D eigenvalue weighted by atomic mass is 35.5. The highest BCUT2D eigenvalue weighted by Crippen LogP contribution is 2.20. The van der Waals surface area contributed by atoms with Crippen molar-refractivity contribution in [1.29, 1.82) is 0 Å². The molecule has 0 saturated carbocycles. The molecule has 7 nitrogen and oxygen atoms in total. The van der Waals surface area contributed by atoms with Gasteiger partial charge in [0.2, 0.25) is 0 Å². The van der Waals surface area contributed by atoms with E-state index in [9.17, 15) is 0 Å². The zero-order valence-corrected chi connectivity index (χ0v) is 14.0. The first-order valence-electron chi connectivity index (χ1n) is 8.03. The number of nitrogens with zero attached hydrogens (tertiary/aromatic N) is 7. The van der Waals surface area contributed by atoms with Gasteiger partial charge in [-0.05, 0) is 43.6 Å².